The second-order valence-electron chi connectivity index (χ2n) is 6.64. The molecule has 1 aliphatic carbocycles. The Hall–Kier alpha value is -2.99. The Morgan fingerprint density at radius 2 is 1.89 bits per heavy atom. The van der Waals surface area contributed by atoms with Crippen molar-refractivity contribution in [2.45, 2.75) is 19.4 Å². The summed E-state index contributed by atoms with van der Waals surface area (Å²) in [5.41, 5.74) is 1.78. The molecule has 1 aliphatic rings. The van der Waals surface area contributed by atoms with Crippen molar-refractivity contribution < 1.29 is 14.6 Å². The molecule has 1 fully saturated rings. The zero-order valence-corrected chi connectivity index (χ0v) is 15.3. The third-order valence-electron chi connectivity index (χ3n) is 4.69. The summed E-state index contributed by atoms with van der Waals surface area (Å²) in [6.07, 6.45) is 0.910. The number of phenols is 1. The number of anilines is 1. The van der Waals surface area contributed by atoms with E-state index < -0.39 is 11.2 Å². The van der Waals surface area contributed by atoms with Gasteiger partial charge in [-0.15, -0.1) is 12.4 Å². The Morgan fingerprint density at radius 3 is 2.52 bits per heavy atom. The van der Waals surface area contributed by atoms with Gasteiger partial charge in [-0.2, -0.15) is 0 Å². The Labute approximate surface area is 161 Å². The van der Waals surface area contributed by atoms with Crippen LogP contribution in [0.3, 0.4) is 0 Å². The first-order chi connectivity index (χ1) is 12.4. The van der Waals surface area contributed by atoms with E-state index in [-0.39, 0.29) is 35.9 Å². The first-order valence-corrected chi connectivity index (χ1v) is 8.35. The van der Waals surface area contributed by atoms with Gasteiger partial charge in [0.05, 0.1) is 5.39 Å². The van der Waals surface area contributed by atoms with Gasteiger partial charge in [0.2, 0.25) is 11.2 Å². The number of hydrogen-bond donors (Lipinski definition) is 4. The highest BCUT2D eigenvalue weighted by Gasteiger charge is 2.38. The summed E-state index contributed by atoms with van der Waals surface area (Å²) in [7, 11) is 0. The van der Waals surface area contributed by atoms with Crippen molar-refractivity contribution in [3.05, 3.63) is 52.7 Å². The number of phenolic OH excluding ortho intramolecular Hbond substituents is 1. The Balaban J connectivity index is 0.00000210. The van der Waals surface area contributed by atoms with Crippen molar-refractivity contribution in [3.8, 4) is 22.8 Å². The summed E-state index contributed by atoms with van der Waals surface area (Å²) >= 11 is 0. The predicted molar refractivity (Wildman–Crippen MR) is 107 cm³/mol. The number of benzene rings is 2. The number of aromatic hydroxyl groups is 2. The first kappa shape index (κ1) is 18.8. The van der Waals surface area contributed by atoms with Gasteiger partial charge < -0.3 is 25.4 Å². The molecule has 1 aromatic heterocycles. The Morgan fingerprint density at radius 1 is 1.19 bits per heavy atom. The van der Waals surface area contributed by atoms with Crippen LogP contribution in [0.25, 0.3) is 22.3 Å². The minimum absolute atomic E-state index is 0. The van der Waals surface area contributed by atoms with Crippen LogP contribution in [0.5, 0.6) is 11.5 Å². The maximum atomic E-state index is 12.6. The van der Waals surface area contributed by atoms with Crippen LogP contribution in [-0.2, 0) is 0 Å². The van der Waals surface area contributed by atoms with E-state index in [1.165, 1.54) is 12.1 Å². The van der Waals surface area contributed by atoms with Gasteiger partial charge in [-0.25, -0.2) is 0 Å². The van der Waals surface area contributed by atoms with E-state index in [2.05, 4.69) is 5.32 Å². The van der Waals surface area contributed by atoms with E-state index in [1.54, 1.807) is 31.2 Å². The standard InChI is InChI=1S/C20H18N2O4.ClH/c1-10(21)14-9-16(14)22-12-4-7-17-15(8-12)18(24)19(25)20(26-17)11-2-5-13(23)6-3-11;/h2-8,14,16,21-23,25H,9H2,1H3;1H. The normalized spacial score (nSPS) is 18.0. The van der Waals surface area contributed by atoms with Gasteiger partial charge in [0.25, 0.3) is 0 Å². The van der Waals surface area contributed by atoms with Crippen LogP contribution >= 0.6 is 12.4 Å². The lowest BCUT2D eigenvalue weighted by molar-refractivity contribution is 0.449. The SMILES string of the molecule is CC(=N)C1CC1Nc1ccc2oc(-c3ccc(O)cc3)c(O)c(=O)c2c1.Cl. The number of fused-ring (bicyclic) bond motifs is 1. The molecule has 3 aromatic rings. The molecule has 0 radical (unpaired) electrons. The van der Waals surface area contributed by atoms with Crippen LogP contribution in [0.1, 0.15) is 13.3 Å². The number of halogens is 1. The van der Waals surface area contributed by atoms with Gasteiger partial charge in [0.15, 0.2) is 5.76 Å². The monoisotopic (exact) mass is 386 g/mol. The molecule has 4 N–H and O–H groups in total. The molecule has 27 heavy (non-hydrogen) atoms. The molecule has 0 bridgehead atoms. The Bertz CT molecular complexity index is 1080. The quantitative estimate of drug-likeness (QED) is 0.504. The molecule has 2 atom stereocenters. The van der Waals surface area contributed by atoms with Crippen molar-refractivity contribution in [2.24, 2.45) is 5.92 Å². The molecule has 0 saturated heterocycles. The summed E-state index contributed by atoms with van der Waals surface area (Å²) < 4.78 is 5.74. The molecule has 7 heteroatoms. The van der Waals surface area contributed by atoms with Crippen LogP contribution in [0, 0.1) is 11.3 Å². The summed E-state index contributed by atoms with van der Waals surface area (Å²) in [4.78, 5) is 12.6. The van der Waals surface area contributed by atoms with Gasteiger partial charge in [0.1, 0.15) is 11.3 Å². The van der Waals surface area contributed by atoms with Crippen LogP contribution < -0.4 is 10.7 Å². The fourth-order valence-electron chi connectivity index (χ4n) is 3.13. The molecule has 1 saturated carbocycles. The topological polar surface area (TPSA) is 107 Å². The van der Waals surface area contributed by atoms with Gasteiger partial charge in [-0.1, -0.05) is 0 Å². The van der Waals surface area contributed by atoms with E-state index in [0.717, 1.165) is 12.1 Å². The Kier molecular flexibility index (Phi) is 4.85. The largest absolute Gasteiger partial charge is 0.508 e. The molecule has 0 aliphatic heterocycles. The zero-order valence-electron chi connectivity index (χ0n) is 14.5. The van der Waals surface area contributed by atoms with E-state index in [1.807, 2.05) is 6.07 Å². The van der Waals surface area contributed by atoms with Crippen LogP contribution in [-0.4, -0.2) is 22.0 Å². The summed E-state index contributed by atoms with van der Waals surface area (Å²) in [5, 5.41) is 31.0. The summed E-state index contributed by atoms with van der Waals surface area (Å²) in [6.45, 7) is 1.80. The molecule has 2 aromatic carbocycles. The van der Waals surface area contributed by atoms with Crippen LogP contribution in [0.4, 0.5) is 5.69 Å². The van der Waals surface area contributed by atoms with E-state index >= 15 is 0 Å². The average Bonchev–Trinajstić information content (AvgIpc) is 3.39. The number of hydrogen-bond acceptors (Lipinski definition) is 6. The first-order valence-electron chi connectivity index (χ1n) is 8.35. The third-order valence-corrected chi connectivity index (χ3v) is 4.69. The van der Waals surface area contributed by atoms with E-state index in [4.69, 9.17) is 9.83 Å². The van der Waals surface area contributed by atoms with Crippen molar-refractivity contribution in [1.29, 1.82) is 5.41 Å². The fraction of sp³-hybridized carbons (Fsp3) is 0.200. The minimum Gasteiger partial charge on any atom is -0.508 e. The van der Waals surface area contributed by atoms with Crippen molar-refractivity contribution in [1.82, 2.24) is 0 Å². The third kappa shape index (κ3) is 3.48. The summed E-state index contributed by atoms with van der Waals surface area (Å²) in [6, 6.07) is 11.4. The van der Waals surface area contributed by atoms with Crippen LogP contribution in [0.2, 0.25) is 0 Å². The molecule has 140 valence electrons. The van der Waals surface area contributed by atoms with Crippen molar-refractivity contribution in [3.63, 3.8) is 0 Å². The highest BCUT2D eigenvalue weighted by atomic mass is 35.5. The van der Waals surface area contributed by atoms with Gasteiger partial charge in [-0.05, 0) is 55.8 Å². The fourth-order valence-corrected chi connectivity index (χ4v) is 3.13. The second-order valence-corrected chi connectivity index (χ2v) is 6.64. The van der Waals surface area contributed by atoms with Crippen molar-refractivity contribution >= 4 is 34.8 Å². The predicted octanol–water partition coefficient (Wildman–Crippen LogP) is 4.13. The van der Waals surface area contributed by atoms with Crippen LogP contribution in [0.15, 0.2) is 51.7 Å². The minimum atomic E-state index is -0.506. The number of rotatable bonds is 4. The lowest BCUT2D eigenvalue weighted by Gasteiger charge is -2.09. The lowest BCUT2D eigenvalue weighted by Crippen LogP contribution is -2.09. The molecule has 0 spiro atoms. The maximum absolute atomic E-state index is 12.6. The average molecular weight is 387 g/mol. The highest BCUT2D eigenvalue weighted by molar-refractivity contribution is 5.87. The van der Waals surface area contributed by atoms with E-state index in [0.29, 0.717) is 22.2 Å². The molecule has 4 rings (SSSR count). The molecular formula is C20H19ClN2O4. The smallest absolute Gasteiger partial charge is 0.235 e. The zero-order chi connectivity index (χ0) is 18.4. The molecule has 6 nitrogen and oxygen atoms in total. The maximum Gasteiger partial charge on any atom is 0.235 e. The second kappa shape index (κ2) is 6.96. The lowest BCUT2D eigenvalue weighted by atomic mass is 10.1. The van der Waals surface area contributed by atoms with Gasteiger partial charge in [-0.3, -0.25) is 4.79 Å². The van der Waals surface area contributed by atoms with Gasteiger partial charge in [0, 0.05) is 28.9 Å². The molecule has 1 heterocycles. The molecule has 0 amide bonds. The summed E-state index contributed by atoms with van der Waals surface area (Å²) in [5.74, 6) is -0.0529. The van der Waals surface area contributed by atoms with E-state index in [9.17, 15) is 15.0 Å². The molecule has 2 unspecified atom stereocenters. The van der Waals surface area contributed by atoms with Gasteiger partial charge >= 0.3 is 0 Å². The molecular weight excluding hydrogens is 368 g/mol. The highest BCUT2D eigenvalue weighted by Crippen LogP contribution is 2.36. The number of nitrogens with one attached hydrogen (secondary N) is 2. The van der Waals surface area contributed by atoms with Crippen molar-refractivity contribution in [2.75, 3.05) is 5.32 Å².